The van der Waals surface area contributed by atoms with Crippen LogP contribution in [0, 0.1) is 5.41 Å². The highest BCUT2D eigenvalue weighted by Crippen LogP contribution is 2.27. The van der Waals surface area contributed by atoms with Crippen molar-refractivity contribution in [1.29, 1.82) is 0 Å². The fourth-order valence-electron chi connectivity index (χ4n) is 2.86. The molecule has 0 saturated heterocycles. The van der Waals surface area contributed by atoms with Gasteiger partial charge in [0.25, 0.3) is 0 Å². The predicted octanol–water partition coefficient (Wildman–Crippen LogP) is 3.78. The minimum absolute atomic E-state index is 0.0267. The summed E-state index contributed by atoms with van der Waals surface area (Å²) in [5.41, 5.74) is 6.52. The fraction of sp³-hybridized carbons (Fsp3) is 0.421. The van der Waals surface area contributed by atoms with Gasteiger partial charge in [0.1, 0.15) is 0 Å². The average molecular weight is 298 g/mol. The third kappa shape index (κ3) is 3.14. The molecule has 1 amide bonds. The molecule has 1 unspecified atom stereocenters. The monoisotopic (exact) mass is 298 g/mol. The van der Waals surface area contributed by atoms with Gasteiger partial charge in [-0.25, -0.2) is 0 Å². The molecule has 0 fully saturated rings. The first kappa shape index (κ1) is 16.5. The number of nitrogens with one attached hydrogen (secondary N) is 1. The van der Waals surface area contributed by atoms with Crippen LogP contribution in [0.5, 0.6) is 0 Å². The van der Waals surface area contributed by atoms with Crippen LogP contribution >= 0.6 is 0 Å². The first-order chi connectivity index (χ1) is 10.6. The van der Waals surface area contributed by atoms with Crippen LogP contribution in [-0.4, -0.2) is 12.5 Å². The third-order valence-electron chi connectivity index (χ3n) is 4.85. The number of carbonyl (C=O) groups excluding carboxylic acids is 1. The maximum atomic E-state index is 12.6. The van der Waals surface area contributed by atoms with Gasteiger partial charge in [-0.3, -0.25) is 4.79 Å². The molecule has 0 aromatic heterocycles. The molecule has 3 N–H and O–H groups in total. The highest BCUT2D eigenvalue weighted by Gasteiger charge is 2.34. The van der Waals surface area contributed by atoms with E-state index in [0.29, 0.717) is 6.54 Å². The lowest BCUT2D eigenvalue weighted by Crippen LogP contribution is -2.46. The van der Waals surface area contributed by atoms with Gasteiger partial charge in [0, 0.05) is 6.54 Å². The molecule has 2 rings (SSSR count). The summed E-state index contributed by atoms with van der Waals surface area (Å²) in [7, 11) is 0. The highest BCUT2D eigenvalue weighted by molar-refractivity contribution is 5.85. The van der Waals surface area contributed by atoms with Gasteiger partial charge >= 0.3 is 0 Å². The number of fused-ring (bicyclic) bond motifs is 1. The molecule has 2 aromatic carbocycles. The first-order valence-corrected chi connectivity index (χ1v) is 8.06. The Labute approximate surface area is 132 Å². The lowest BCUT2D eigenvalue weighted by molar-refractivity contribution is -0.131. The Bertz CT molecular complexity index is 638. The standard InChI is InChI=1S/C19H26N2O/c1-4-19(5-2,13-20)18(22)21-14(3)16-11-10-15-8-6-7-9-17(15)12-16/h6-12,14H,4-5,13,20H2,1-3H3,(H,21,22). The van der Waals surface area contributed by atoms with E-state index in [0.717, 1.165) is 18.4 Å². The summed E-state index contributed by atoms with van der Waals surface area (Å²) in [4.78, 5) is 12.6. The van der Waals surface area contributed by atoms with Crippen LogP contribution in [0.3, 0.4) is 0 Å². The Kier molecular flexibility index (Phi) is 5.19. The zero-order chi connectivity index (χ0) is 16.2. The largest absolute Gasteiger partial charge is 0.349 e. The maximum absolute atomic E-state index is 12.6. The second-order valence-corrected chi connectivity index (χ2v) is 5.99. The van der Waals surface area contributed by atoms with Crippen molar-refractivity contribution in [3.05, 3.63) is 48.0 Å². The molecule has 0 aliphatic rings. The van der Waals surface area contributed by atoms with Gasteiger partial charge < -0.3 is 11.1 Å². The third-order valence-corrected chi connectivity index (χ3v) is 4.85. The Balaban J connectivity index is 2.19. The van der Waals surface area contributed by atoms with E-state index in [1.807, 2.05) is 32.9 Å². The first-order valence-electron chi connectivity index (χ1n) is 8.06. The van der Waals surface area contributed by atoms with E-state index in [2.05, 4.69) is 35.6 Å². The molecule has 22 heavy (non-hydrogen) atoms. The lowest BCUT2D eigenvalue weighted by Gasteiger charge is -2.30. The molecule has 118 valence electrons. The second kappa shape index (κ2) is 6.93. The number of carbonyl (C=O) groups is 1. The average Bonchev–Trinajstić information content (AvgIpc) is 2.56. The number of hydrogen-bond acceptors (Lipinski definition) is 2. The van der Waals surface area contributed by atoms with Crippen molar-refractivity contribution in [1.82, 2.24) is 5.32 Å². The molecule has 1 atom stereocenters. The van der Waals surface area contributed by atoms with Crippen molar-refractivity contribution in [3.8, 4) is 0 Å². The molecule has 0 aliphatic carbocycles. The van der Waals surface area contributed by atoms with E-state index >= 15 is 0 Å². The SMILES string of the molecule is CCC(CC)(CN)C(=O)NC(C)c1ccc2ccccc2c1. The van der Waals surface area contributed by atoms with Crippen molar-refractivity contribution in [2.75, 3.05) is 6.54 Å². The molecular formula is C19H26N2O. The zero-order valence-electron chi connectivity index (χ0n) is 13.7. The van der Waals surface area contributed by atoms with Crippen LogP contribution in [0.4, 0.5) is 0 Å². The Morgan fingerprint density at radius 2 is 1.77 bits per heavy atom. The summed E-state index contributed by atoms with van der Waals surface area (Å²) in [6, 6.07) is 14.5. The molecule has 0 radical (unpaired) electrons. The lowest BCUT2D eigenvalue weighted by atomic mass is 9.81. The fourth-order valence-corrected chi connectivity index (χ4v) is 2.86. The summed E-state index contributed by atoms with van der Waals surface area (Å²) in [5, 5.41) is 5.54. The summed E-state index contributed by atoms with van der Waals surface area (Å²) in [6.07, 6.45) is 1.52. The molecular weight excluding hydrogens is 272 g/mol. The molecule has 2 aromatic rings. The quantitative estimate of drug-likeness (QED) is 0.852. The van der Waals surface area contributed by atoms with Gasteiger partial charge in [-0.15, -0.1) is 0 Å². The number of rotatable bonds is 6. The van der Waals surface area contributed by atoms with Crippen LogP contribution in [0.2, 0.25) is 0 Å². The van der Waals surface area contributed by atoms with Crippen LogP contribution in [-0.2, 0) is 4.79 Å². The molecule has 0 bridgehead atoms. The summed E-state index contributed by atoms with van der Waals surface area (Å²) >= 11 is 0. The van der Waals surface area contributed by atoms with Gasteiger partial charge in [0.05, 0.1) is 11.5 Å². The molecule has 3 heteroatoms. The predicted molar refractivity (Wildman–Crippen MR) is 92.6 cm³/mol. The van der Waals surface area contributed by atoms with Crippen LogP contribution in [0.1, 0.15) is 45.2 Å². The summed E-state index contributed by atoms with van der Waals surface area (Å²) < 4.78 is 0. The van der Waals surface area contributed by atoms with Crippen LogP contribution in [0.25, 0.3) is 10.8 Å². The normalized spacial score (nSPS) is 13.1. The topological polar surface area (TPSA) is 55.1 Å². The molecule has 0 aliphatic heterocycles. The van der Waals surface area contributed by atoms with Gasteiger partial charge in [-0.1, -0.05) is 50.2 Å². The molecule has 3 nitrogen and oxygen atoms in total. The van der Waals surface area contributed by atoms with Gasteiger partial charge in [0.2, 0.25) is 5.91 Å². The number of amides is 1. The van der Waals surface area contributed by atoms with Crippen molar-refractivity contribution < 1.29 is 4.79 Å². The zero-order valence-corrected chi connectivity index (χ0v) is 13.7. The van der Waals surface area contributed by atoms with E-state index in [-0.39, 0.29) is 11.9 Å². The van der Waals surface area contributed by atoms with Crippen LogP contribution in [0.15, 0.2) is 42.5 Å². The minimum Gasteiger partial charge on any atom is -0.349 e. The molecule has 0 heterocycles. The smallest absolute Gasteiger partial charge is 0.227 e. The van der Waals surface area contributed by atoms with Gasteiger partial charge in [-0.2, -0.15) is 0 Å². The van der Waals surface area contributed by atoms with Gasteiger partial charge in [0.15, 0.2) is 0 Å². The van der Waals surface area contributed by atoms with Crippen molar-refractivity contribution in [2.45, 2.75) is 39.7 Å². The van der Waals surface area contributed by atoms with Gasteiger partial charge in [-0.05, 0) is 42.2 Å². The van der Waals surface area contributed by atoms with Crippen molar-refractivity contribution in [3.63, 3.8) is 0 Å². The Morgan fingerprint density at radius 3 is 2.36 bits per heavy atom. The maximum Gasteiger partial charge on any atom is 0.227 e. The van der Waals surface area contributed by atoms with E-state index < -0.39 is 5.41 Å². The summed E-state index contributed by atoms with van der Waals surface area (Å²) in [6.45, 7) is 6.46. The minimum atomic E-state index is -0.453. The van der Waals surface area contributed by atoms with E-state index in [1.54, 1.807) is 0 Å². The van der Waals surface area contributed by atoms with E-state index in [9.17, 15) is 4.79 Å². The molecule has 0 saturated carbocycles. The second-order valence-electron chi connectivity index (χ2n) is 5.99. The highest BCUT2D eigenvalue weighted by atomic mass is 16.2. The van der Waals surface area contributed by atoms with Crippen LogP contribution < -0.4 is 11.1 Å². The Hall–Kier alpha value is -1.87. The number of benzene rings is 2. The van der Waals surface area contributed by atoms with E-state index in [1.165, 1.54) is 10.8 Å². The Morgan fingerprint density at radius 1 is 1.14 bits per heavy atom. The van der Waals surface area contributed by atoms with E-state index in [4.69, 9.17) is 5.73 Å². The van der Waals surface area contributed by atoms with Crippen molar-refractivity contribution in [2.24, 2.45) is 11.1 Å². The summed E-state index contributed by atoms with van der Waals surface area (Å²) in [5.74, 6) is 0.0562. The van der Waals surface area contributed by atoms with Crippen molar-refractivity contribution >= 4 is 16.7 Å². The number of hydrogen-bond donors (Lipinski definition) is 2. The molecule has 0 spiro atoms. The number of nitrogens with two attached hydrogens (primary N) is 1.